The fourth-order valence-electron chi connectivity index (χ4n) is 2.44. The quantitative estimate of drug-likeness (QED) is 0.588. The predicted molar refractivity (Wildman–Crippen MR) is 97.3 cm³/mol. The van der Waals surface area contributed by atoms with E-state index in [1.165, 1.54) is 5.57 Å². The minimum atomic E-state index is -0.131. The van der Waals surface area contributed by atoms with Crippen molar-refractivity contribution in [1.82, 2.24) is 0 Å². The Labute approximate surface area is 147 Å². The number of ketones is 1. The largest absolute Gasteiger partial charge is 0.497 e. The van der Waals surface area contributed by atoms with Crippen LogP contribution in [0.4, 0.5) is 0 Å². The molecule has 0 N–H and O–H groups in total. The van der Waals surface area contributed by atoms with Crippen molar-refractivity contribution in [3.05, 3.63) is 71.0 Å². The number of benzene rings is 2. The molecule has 1 aliphatic heterocycles. The van der Waals surface area contributed by atoms with E-state index < -0.39 is 0 Å². The molecule has 0 radical (unpaired) electrons. The number of methoxy groups -OCH3 is 1. The lowest BCUT2D eigenvalue weighted by Gasteiger charge is -2.05. The highest BCUT2D eigenvalue weighted by Gasteiger charge is 2.27. The number of fused-ring (bicyclic) bond motifs is 1. The first kappa shape index (κ1) is 16.8. The van der Waals surface area contributed by atoms with E-state index in [-0.39, 0.29) is 5.78 Å². The zero-order valence-corrected chi connectivity index (χ0v) is 14.5. The molecular weight excluding hydrogens is 316 g/mol. The summed E-state index contributed by atoms with van der Waals surface area (Å²) in [5.74, 6) is 2.09. The smallest absolute Gasteiger partial charge is 0.231 e. The van der Waals surface area contributed by atoms with Crippen LogP contribution in [-0.2, 0) is 0 Å². The zero-order chi connectivity index (χ0) is 17.8. The molecule has 0 atom stereocenters. The number of rotatable bonds is 5. The van der Waals surface area contributed by atoms with Gasteiger partial charge in [-0.05, 0) is 55.8 Å². The molecule has 1 aliphatic rings. The van der Waals surface area contributed by atoms with Gasteiger partial charge in [-0.25, -0.2) is 0 Å². The summed E-state index contributed by atoms with van der Waals surface area (Å²) in [4.78, 5) is 12.5. The second-order valence-corrected chi connectivity index (χ2v) is 5.97. The van der Waals surface area contributed by atoms with E-state index in [4.69, 9.17) is 14.2 Å². The normalized spacial score (nSPS) is 14.0. The summed E-state index contributed by atoms with van der Waals surface area (Å²) in [5.41, 5.74) is 2.58. The summed E-state index contributed by atoms with van der Waals surface area (Å²) in [6.45, 7) is 4.52. The number of carbonyl (C=O) groups excluding carboxylic acids is 1. The highest BCUT2D eigenvalue weighted by Crippen LogP contribution is 2.35. The summed E-state index contributed by atoms with van der Waals surface area (Å²) < 4.78 is 16.6. The maximum absolute atomic E-state index is 12.5. The minimum absolute atomic E-state index is 0.131. The third-order valence-electron chi connectivity index (χ3n) is 3.77. The van der Waals surface area contributed by atoms with E-state index in [1.54, 1.807) is 31.4 Å². The van der Waals surface area contributed by atoms with E-state index in [9.17, 15) is 4.79 Å². The van der Waals surface area contributed by atoms with Gasteiger partial charge in [-0.3, -0.25) is 4.79 Å². The molecule has 0 bridgehead atoms. The van der Waals surface area contributed by atoms with Crippen LogP contribution in [0.1, 0.15) is 29.8 Å². The van der Waals surface area contributed by atoms with Crippen LogP contribution in [0.2, 0.25) is 0 Å². The molecule has 0 unspecified atom stereocenters. The molecule has 0 saturated heterocycles. The van der Waals surface area contributed by atoms with Gasteiger partial charge in [0.15, 0.2) is 5.76 Å². The van der Waals surface area contributed by atoms with Crippen LogP contribution in [0.15, 0.2) is 59.9 Å². The van der Waals surface area contributed by atoms with E-state index in [0.717, 1.165) is 11.3 Å². The van der Waals surface area contributed by atoms with Crippen molar-refractivity contribution < 1.29 is 19.0 Å². The molecule has 1 heterocycles. The Bertz CT molecular complexity index is 858. The van der Waals surface area contributed by atoms with Crippen LogP contribution in [0.25, 0.3) is 6.08 Å². The molecule has 2 aromatic carbocycles. The van der Waals surface area contributed by atoms with E-state index >= 15 is 0 Å². The van der Waals surface area contributed by atoms with Crippen LogP contribution >= 0.6 is 0 Å². The van der Waals surface area contributed by atoms with Gasteiger partial charge in [-0.15, -0.1) is 0 Å². The van der Waals surface area contributed by atoms with Gasteiger partial charge in [0.05, 0.1) is 12.7 Å². The summed E-state index contributed by atoms with van der Waals surface area (Å²) >= 11 is 0. The average molecular weight is 336 g/mol. The van der Waals surface area contributed by atoms with Crippen LogP contribution in [0, 0.1) is 0 Å². The molecule has 0 saturated carbocycles. The van der Waals surface area contributed by atoms with Crippen LogP contribution in [-0.4, -0.2) is 19.5 Å². The molecule has 0 aliphatic carbocycles. The molecule has 0 fully saturated rings. The van der Waals surface area contributed by atoms with Crippen molar-refractivity contribution in [3.8, 4) is 17.2 Å². The first-order chi connectivity index (χ1) is 12.1. The first-order valence-corrected chi connectivity index (χ1v) is 8.05. The second-order valence-electron chi connectivity index (χ2n) is 5.97. The van der Waals surface area contributed by atoms with Gasteiger partial charge in [-0.1, -0.05) is 17.7 Å². The molecule has 128 valence electrons. The topological polar surface area (TPSA) is 44.8 Å². The summed E-state index contributed by atoms with van der Waals surface area (Å²) in [7, 11) is 1.61. The Kier molecular flexibility index (Phi) is 4.89. The second kappa shape index (κ2) is 7.26. The number of carbonyl (C=O) groups is 1. The number of ether oxygens (including phenoxy) is 3. The molecule has 25 heavy (non-hydrogen) atoms. The molecule has 0 amide bonds. The minimum Gasteiger partial charge on any atom is -0.497 e. The van der Waals surface area contributed by atoms with Crippen molar-refractivity contribution >= 4 is 11.9 Å². The van der Waals surface area contributed by atoms with Gasteiger partial charge >= 0.3 is 0 Å². The molecule has 4 heteroatoms. The highest BCUT2D eigenvalue weighted by molar-refractivity contribution is 6.14. The van der Waals surface area contributed by atoms with Gasteiger partial charge < -0.3 is 14.2 Å². The zero-order valence-electron chi connectivity index (χ0n) is 14.5. The van der Waals surface area contributed by atoms with Gasteiger partial charge in [0.2, 0.25) is 5.78 Å². The predicted octanol–water partition coefficient (Wildman–Crippen LogP) is 4.66. The van der Waals surface area contributed by atoms with Crippen molar-refractivity contribution in [2.75, 3.05) is 13.7 Å². The van der Waals surface area contributed by atoms with Crippen molar-refractivity contribution in [2.45, 2.75) is 13.8 Å². The van der Waals surface area contributed by atoms with Gasteiger partial charge in [-0.2, -0.15) is 0 Å². The molecule has 3 rings (SSSR count). The fourth-order valence-corrected chi connectivity index (χ4v) is 2.44. The standard InChI is InChI=1S/C21H20O4/c1-14(2)9-10-24-17-7-8-18-19(13-17)25-20(21(18)22)12-15-5-4-6-16(11-15)23-3/h4-9,11-13H,10H2,1-3H3/b20-12+. The third kappa shape index (κ3) is 3.91. The van der Waals surface area contributed by atoms with Gasteiger partial charge in [0.25, 0.3) is 0 Å². The average Bonchev–Trinajstić information content (AvgIpc) is 2.90. The summed E-state index contributed by atoms with van der Waals surface area (Å²) in [5, 5.41) is 0. The molecule has 2 aromatic rings. The third-order valence-corrected chi connectivity index (χ3v) is 3.77. The number of Topliss-reactive ketones (excluding diaryl/α,β-unsaturated/α-hetero) is 1. The first-order valence-electron chi connectivity index (χ1n) is 8.05. The number of hydrogen-bond donors (Lipinski definition) is 0. The summed E-state index contributed by atoms with van der Waals surface area (Å²) in [6.07, 6.45) is 3.71. The van der Waals surface area contributed by atoms with Crippen LogP contribution < -0.4 is 14.2 Å². The van der Waals surface area contributed by atoms with Crippen LogP contribution in [0.3, 0.4) is 0 Å². The lowest BCUT2D eigenvalue weighted by molar-refractivity contribution is 0.101. The van der Waals surface area contributed by atoms with Crippen molar-refractivity contribution in [1.29, 1.82) is 0 Å². The molecule has 0 aromatic heterocycles. The Hall–Kier alpha value is -3.01. The summed E-state index contributed by atoms with van der Waals surface area (Å²) in [6, 6.07) is 12.7. The Morgan fingerprint density at radius 3 is 2.72 bits per heavy atom. The SMILES string of the molecule is COc1cccc(/C=C2/Oc3cc(OCC=C(C)C)ccc3C2=O)c1. The lowest BCUT2D eigenvalue weighted by atomic mass is 10.1. The van der Waals surface area contributed by atoms with Crippen molar-refractivity contribution in [2.24, 2.45) is 0 Å². The lowest BCUT2D eigenvalue weighted by Crippen LogP contribution is -1.98. The van der Waals surface area contributed by atoms with Crippen LogP contribution in [0.5, 0.6) is 17.2 Å². The maximum atomic E-state index is 12.5. The molecule has 0 spiro atoms. The highest BCUT2D eigenvalue weighted by atomic mass is 16.5. The van der Waals surface area contributed by atoms with Crippen molar-refractivity contribution in [3.63, 3.8) is 0 Å². The van der Waals surface area contributed by atoms with Gasteiger partial charge in [0.1, 0.15) is 23.9 Å². The van der Waals surface area contributed by atoms with Gasteiger partial charge in [0, 0.05) is 6.07 Å². The fraction of sp³-hybridized carbons (Fsp3) is 0.190. The monoisotopic (exact) mass is 336 g/mol. The van der Waals surface area contributed by atoms with E-state index in [0.29, 0.717) is 29.4 Å². The number of allylic oxidation sites excluding steroid dienone is 2. The Balaban J connectivity index is 1.80. The molecule has 4 nitrogen and oxygen atoms in total. The molecular formula is C21H20O4. The Morgan fingerprint density at radius 2 is 1.96 bits per heavy atom. The van der Waals surface area contributed by atoms with E-state index in [2.05, 4.69) is 0 Å². The maximum Gasteiger partial charge on any atom is 0.231 e. The number of hydrogen-bond acceptors (Lipinski definition) is 4. The van der Waals surface area contributed by atoms with E-state index in [1.807, 2.05) is 44.2 Å². The Morgan fingerprint density at radius 1 is 1.12 bits per heavy atom.